The number of halogens is 1. The number of aromatic amines is 1. The maximum atomic E-state index is 12.4. The lowest BCUT2D eigenvalue weighted by Crippen LogP contribution is -2.48. The molecule has 0 unspecified atom stereocenters. The molecule has 1 saturated heterocycles. The molecule has 0 bridgehead atoms. The fourth-order valence-electron chi connectivity index (χ4n) is 3.27. The van der Waals surface area contributed by atoms with Crippen LogP contribution in [-0.4, -0.2) is 78.4 Å². The molecule has 1 aliphatic rings. The predicted molar refractivity (Wildman–Crippen MR) is 88.1 cm³/mol. The van der Waals surface area contributed by atoms with Gasteiger partial charge in [-0.1, -0.05) is 18.5 Å². The summed E-state index contributed by atoms with van der Waals surface area (Å²) in [6.45, 7) is 2.52. The summed E-state index contributed by atoms with van der Waals surface area (Å²) in [6, 6.07) is -0.310. The fourth-order valence-corrected chi connectivity index (χ4v) is 3.58. The summed E-state index contributed by atoms with van der Waals surface area (Å²) in [6.07, 6.45) is 0.563. The minimum Gasteiger partial charge on any atom is -0.475 e. The van der Waals surface area contributed by atoms with E-state index < -0.39 is 12.1 Å². The average molecular weight is 384 g/mol. The Morgan fingerprint density at radius 2 is 2.23 bits per heavy atom. The lowest BCUT2D eigenvalue weighted by molar-refractivity contribution is -0.00472. The van der Waals surface area contributed by atoms with Crippen molar-refractivity contribution in [2.24, 2.45) is 0 Å². The third-order valence-electron chi connectivity index (χ3n) is 4.47. The highest BCUT2D eigenvalue weighted by Gasteiger charge is 2.37. The zero-order valence-corrected chi connectivity index (χ0v) is 15.0. The van der Waals surface area contributed by atoms with Gasteiger partial charge in [0.2, 0.25) is 5.82 Å². The zero-order valence-electron chi connectivity index (χ0n) is 14.2. The van der Waals surface area contributed by atoms with Crippen molar-refractivity contribution in [2.45, 2.75) is 31.9 Å². The van der Waals surface area contributed by atoms with Crippen LogP contribution in [0.5, 0.6) is 0 Å². The molecular formula is C14H18ClN7O4. The number of H-pyrrole nitrogens is 1. The SMILES string of the molecule is CCc1c(Cl)nc(C(=O)O)n1[C@@H]1CCN(C(=O)c2nn[nH]n2)C[C@@H]1OC. The van der Waals surface area contributed by atoms with Crippen LogP contribution in [0.25, 0.3) is 0 Å². The Bertz CT molecular complexity index is 807. The molecule has 3 heterocycles. The summed E-state index contributed by atoms with van der Waals surface area (Å²) in [5.41, 5.74) is 0.633. The van der Waals surface area contributed by atoms with Gasteiger partial charge in [-0.3, -0.25) is 4.79 Å². The molecule has 12 heteroatoms. The number of carboxylic acid groups (broad SMARTS) is 1. The van der Waals surface area contributed by atoms with Crippen LogP contribution in [-0.2, 0) is 11.2 Å². The molecule has 0 saturated carbocycles. The average Bonchev–Trinajstić information content (AvgIpc) is 3.28. The van der Waals surface area contributed by atoms with Gasteiger partial charge in [-0.2, -0.15) is 5.21 Å². The van der Waals surface area contributed by atoms with E-state index in [-0.39, 0.29) is 35.3 Å². The van der Waals surface area contributed by atoms with E-state index in [1.165, 1.54) is 7.11 Å². The summed E-state index contributed by atoms with van der Waals surface area (Å²) < 4.78 is 7.18. The maximum Gasteiger partial charge on any atom is 0.372 e. The first-order valence-electron chi connectivity index (χ1n) is 8.03. The Hall–Kier alpha value is -2.53. The molecule has 0 spiro atoms. The van der Waals surface area contributed by atoms with Gasteiger partial charge in [-0.15, -0.1) is 10.2 Å². The highest BCUT2D eigenvalue weighted by molar-refractivity contribution is 6.30. The number of hydrogen-bond acceptors (Lipinski definition) is 7. The van der Waals surface area contributed by atoms with Crippen molar-refractivity contribution >= 4 is 23.5 Å². The summed E-state index contributed by atoms with van der Waals surface area (Å²) in [5, 5.41) is 22.7. The number of methoxy groups -OCH3 is 1. The number of nitrogens with zero attached hydrogens (tertiary/aromatic N) is 6. The fraction of sp³-hybridized carbons (Fsp3) is 0.571. The van der Waals surface area contributed by atoms with Crippen molar-refractivity contribution in [1.29, 1.82) is 0 Å². The van der Waals surface area contributed by atoms with Gasteiger partial charge in [-0.05, 0) is 18.1 Å². The van der Waals surface area contributed by atoms with Gasteiger partial charge in [-0.25, -0.2) is 9.78 Å². The number of amides is 1. The minimum atomic E-state index is -1.16. The van der Waals surface area contributed by atoms with Gasteiger partial charge < -0.3 is 19.3 Å². The van der Waals surface area contributed by atoms with Crippen molar-refractivity contribution < 1.29 is 19.4 Å². The van der Waals surface area contributed by atoms with E-state index >= 15 is 0 Å². The number of hydrogen-bond donors (Lipinski definition) is 2. The van der Waals surface area contributed by atoms with Crippen LogP contribution in [0.3, 0.4) is 0 Å². The quantitative estimate of drug-likeness (QED) is 0.756. The monoisotopic (exact) mass is 383 g/mol. The number of carbonyl (C=O) groups excluding carboxylic acids is 1. The molecule has 1 aliphatic heterocycles. The first-order valence-corrected chi connectivity index (χ1v) is 8.41. The number of carbonyl (C=O) groups is 2. The molecular weight excluding hydrogens is 366 g/mol. The summed E-state index contributed by atoms with van der Waals surface area (Å²) >= 11 is 6.12. The van der Waals surface area contributed by atoms with Crippen molar-refractivity contribution in [3.63, 3.8) is 0 Å². The van der Waals surface area contributed by atoms with Crippen LogP contribution < -0.4 is 0 Å². The Labute approximate surface area is 153 Å². The number of likely N-dealkylation sites (tertiary alicyclic amines) is 1. The minimum absolute atomic E-state index is 0.0237. The highest BCUT2D eigenvalue weighted by atomic mass is 35.5. The molecule has 0 aliphatic carbocycles. The second kappa shape index (κ2) is 7.38. The summed E-state index contributed by atoms with van der Waals surface area (Å²) in [4.78, 5) is 29.5. The smallest absolute Gasteiger partial charge is 0.372 e. The number of carboxylic acids is 1. The van der Waals surface area contributed by atoms with Crippen LogP contribution >= 0.6 is 11.6 Å². The number of aromatic carboxylic acids is 1. The molecule has 1 fully saturated rings. The molecule has 2 aromatic rings. The van der Waals surface area contributed by atoms with Gasteiger partial charge >= 0.3 is 5.97 Å². The third kappa shape index (κ3) is 3.15. The van der Waals surface area contributed by atoms with Crippen molar-refractivity contribution in [3.05, 3.63) is 22.5 Å². The molecule has 2 atom stereocenters. The van der Waals surface area contributed by atoms with Crippen LogP contribution in [0.4, 0.5) is 0 Å². The molecule has 11 nitrogen and oxygen atoms in total. The van der Waals surface area contributed by atoms with Gasteiger partial charge in [0.1, 0.15) is 0 Å². The zero-order chi connectivity index (χ0) is 18.8. The predicted octanol–water partition coefficient (Wildman–Crippen LogP) is 0.412. The van der Waals surface area contributed by atoms with E-state index in [9.17, 15) is 14.7 Å². The van der Waals surface area contributed by atoms with E-state index in [1.807, 2.05) is 6.92 Å². The lowest BCUT2D eigenvalue weighted by Gasteiger charge is -2.38. The Morgan fingerprint density at radius 3 is 2.81 bits per heavy atom. The van der Waals surface area contributed by atoms with Gasteiger partial charge in [0.15, 0.2) is 5.15 Å². The second-order valence-electron chi connectivity index (χ2n) is 5.82. The first kappa shape index (κ1) is 18.3. The highest BCUT2D eigenvalue weighted by Crippen LogP contribution is 2.31. The molecule has 2 N–H and O–H groups in total. The van der Waals surface area contributed by atoms with Gasteiger partial charge in [0.25, 0.3) is 11.7 Å². The van der Waals surface area contributed by atoms with Crippen molar-refractivity contribution in [1.82, 2.24) is 35.1 Å². The lowest BCUT2D eigenvalue weighted by atomic mass is 10.00. The van der Waals surface area contributed by atoms with Gasteiger partial charge in [0, 0.05) is 20.2 Å². The van der Waals surface area contributed by atoms with Gasteiger partial charge in [0.05, 0.1) is 17.8 Å². The third-order valence-corrected chi connectivity index (χ3v) is 4.77. The van der Waals surface area contributed by atoms with Crippen molar-refractivity contribution in [2.75, 3.05) is 20.2 Å². The largest absolute Gasteiger partial charge is 0.475 e. The van der Waals surface area contributed by atoms with Crippen LogP contribution in [0, 0.1) is 0 Å². The number of tetrazole rings is 1. The number of imidazole rings is 1. The van der Waals surface area contributed by atoms with E-state index in [4.69, 9.17) is 16.3 Å². The Balaban J connectivity index is 1.89. The maximum absolute atomic E-state index is 12.4. The molecule has 140 valence electrons. The van der Waals surface area contributed by atoms with E-state index in [2.05, 4.69) is 25.6 Å². The molecule has 3 rings (SSSR count). The Morgan fingerprint density at radius 1 is 1.46 bits per heavy atom. The molecule has 2 aromatic heterocycles. The molecule has 0 aromatic carbocycles. The standard InChI is InChI=1S/C14H18ClN7O4/c1-3-7-10(15)16-12(14(24)25)22(7)8-4-5-21(6-9(8)26-2)13(23)11-17-19-20-18-11/h8-9H,3-6H2,1-2H3,(H,24,25)(H,17,18,19,20)/t8-,9+/m1/s1. The Kier molecular flexibility index (Phi) is 5.18. The van der Waals surface area contributed by atoms with Crippen LogP contribution in [0.15, 0.2) is 0 Å². The number of rotatable bonds is 5. The molecule has 1 amide bonds. The second-order valence-corrected chi connectivity index (χ2v) is 6.18. The van der Waals surface area contributed by atoms with Crippen LogP contribution in [0.1, 0.15) is 46.3 Å². The van der Waals surface area contributed by atoms with E-state index in [0.717, 1.165) is 0 Å². The number of aromatic nitrogens is 6. The number of nitrogens with one attached hydrogen (secondary N) is 1. The van der Waals surface area contributed by atoms with E-state index in [0.29, 0.717) is 25.1 Å². The van der Waals surface area contributed by atoms with E-state index in [1.54, 1.807) is 9.47 Å². The topological polar surface area (TPSA) is 139 Å². The normalized spacial score (nSPS) is 20.3. The van der Waals surface area contributed by atoms with Crippen molar-refractivity contribution in [3.8, 4) is 0 Å². The van der Waals surface area contributed by atoms with Crippen LogP contribution in [0.2, 0.25) is 5.15 Å². The summed E-state index contributed by atoms with van der Waals surface area (Å²) in [7, 11) is 1.52. The molecule has 26 heavy (non-hydrogen) atoms. The molecule has 0 radical (unpaired) electrons. The number of ether oxygens (including phenoxy) is 1. The first-order chi connectivity index (χ1) is 12.5. The number of piperidine rings is 1. The summed E-state index contributed by atoms with van der Waals surface area (Å²) in [5.74, 6) is -1.68.